The van der Waals surface area contributed by atoms with Gasteiger partial charge in [-0.25, -0.2) is 9.78 Å². The van der Waals surface area contributed by atoms with Gasteiger partial charge in [0.25, 0.3) is 5.91 Å². The van der Waals surface area contributed by atoms with Gasteiger partial charge in [0.05, 0.1) is 13.2 Å². The topological polar surface area (TPSA) is 97.8 Å². The maximum absolute atomic E-state index is 12.3. The molecule has 8 heteroatoms. The molecule has 1 aliphatic heterocycles. The number of nitrogens with zero attached hydrogens (tertiary/aromatic N) is 1. The summed E-state index contributed by atoms with van der Waals surface area (Å²) in [5.41, 5.74) is 1.64. The number of nitrogens with one attached hydrogen (secondary N) is 1. The van der Waals surface area contributed by atoms with Crippen LogP contribution in [0.4, 0.5) is 0 Å². The highest BCUT2D eigenvalue weighted by molar-refractivity contribution is 7.09. The molecule has 126 valence electrons. The van der Waals surface area contributed by atoms with Crippen molar-refractivity contribution in [3.63, 3.8) is 0 Å². The van der Waals surface area contributed by atoms with Crippen molar-refractivity contribution >= 4 is 23.2 Å². The van der Waals surface area contributed by atoms with E-state index in [1.54, 1.807) is 30.7 Å². The van der Waals surface area contributed by atoms with Crippen LogP contribution in [0.15, 0.2) is 23.6 Å². The lowest BCUT2D eigenvalue weighted by molar-refractivity contribution is -0.139. The number of carboxylic acid groups (broad SMARTS) is 1. The second-order valence-electron chi connectivity index (χ2n) is 5.27. The molecule has 2 aromatic rings. The van der Waals surface area contributed by atoms with Crippen molar-refractivity contribution < 1.29 is 24.2 Å². The van der Waals surface area contributed by atoms with E-state index in [0.717, 1.165) is 17.7 Å². The van der Waals surface area contributed by atoms with Crippen LogP contribution in [-0.2, 0) is 22.6 Å². The Morgan fingerprint density at radius 2 is 2.33 bits per heavy atom. The fraction of sp³-hybridized carbons (Fsp3) is 0.312. The molecule has 0 unspecified atom stereocenters. The van der Waals surface area contributed by atoms with E-state index in [-0.39, 0.29) is 5.69 Å². The Morgan fingerprint density at radius 3 is 3.08 bits per heavy atom. The summed E-state index contributed by atoms with van der Waals surface area (Å²) >= 11 is 1.29. The molecule has 0 aliphatic carbocycles. The highest BCUT2D eigenvalue weighted by Crippen LogP contribution is 2.28. The van der Waals surface area contributed by atoms with Crippen LogP contribution in [0.1, 0.15) is 32.7 Å². The number of thiazole rings is 1. The number of carbonyl (C=O) groups is 2. The third-order valence-electron chi connectivity index (χ3n) is 3.62. The SMILES string of the molecule is COCc1nc(C(=O)N[C@@H](C(=O)O)c2ccc3c(c2)CCO3)cs1. The van der Waals surface area contributed by atoms with Crippen LogP contribution in [-0.4, -0.2) is 35.7 Å². The fourth-order valence-corrected chi connectivity index (χ4v) is 3.23. The average Bonchev–Trinajstić information content (AvgIpc) is 3.20. The number of aliphatic carboxylic acids is 1. The summed E-state index contributed by atoms with van der Waals surface area (Å²) in [6.45, 7) is 0.898. The van der Waals surface area contributed by atoms with Gasteiger partial charge >= 0.3 is 5.97 Å². The van der Waals surface area contributed by atoms with Crippen LogP contribution < -0.4 is 10.1 Å². The first-order valence-corrected chi connectivity index (χ1v) is 8.19. The summed E-state index contributed by atoms with van der Waals surface area (Å²) in [5.74, 6) is -0.898. The number of carboxylic acids is 1. The summed E-state index contributed by atoms with van der Waals surface area (Å²) in [6, 6.07) is 4.01. The third kappa shape index (κ3) is 3.39. The fourth-order valence-electron chi connectivity index (χ4n) is 2.48. The van der Waals surface area contributed by atoms with Crippen molar-refractivity contribution in [1.82, 2.24) is 10.3 Å². The molecule has 7 nitrogen and oxygen atoms in total. The maximum atomic E-state index is 12.3. The van der Waals surface area contributed by atoms with Crippen molar-refractivity contribution in [2.24, 2.45) is 0 Å². The predicted molar refractivity (Wildman–Crippen MR) is 86.3 cm³/mol. The van der Waals surface area contributed by atoms with Gasteiger partial charge in [-0.3, -0.25) is 4.79 Å². The Morgan fingerprint density at radius 1 is 1.50 bits per heavy atom. The molecule has 0 radical (unpaired) electrons. The van der Waals surface area contributed by atoms with Gasteiger partial charge in [0.15, 0.2) is 6.04 Å². The van der Waals surface area contributed by atoms with Crippen molar-refractivity contribution in [3.05, 3.63) is 45.4 Å². The molecule has 0 saturated carbocycles. The number of fused-ring (bicyclic) bond motifs is 1. The minimum Gasteiger partial charge on any atom is -0.493 e. The molecule has 3 rings (SSSR count). The van der Waals surface area contributed by atoms with E-state index in [1.807, 2.05) is 0 Å². The first kappa shape index (κ1) is 16.4. The standard InChI is InChI=1S/C16H16N2O5S/c1-22-7-13-17-11(8-24-13)15(19)18-14(16(20)21)10-2-3-12-9(6-10)4-5-23-12/h2-3,6,8,14H,4-5,7H2,1H3,(H,18,19)(H,20,21)/t14-/m1/s1. The van der Waals surface area contributed by atoms with Crippen molar-refractivity contribution in [1.29, 1.82) is 0 Å². The normalized spacial score (nSPS) is 13.9. The molecule has 1 aliphatic rings. The lowest BCUT2D eigenvalue weighted by Gasteiger charge is -2.15. The highest BCUT2D eigenvalue weighted by Gasteiger charge is 2.25. The number of hydrogen-bond donors (Lipinski definition) is 2. The Hall–Kier alpha value is -2.45. The zero-order chi connectivity index (χ0) is 17.1. The smallest absolute Gasteiger partial charge is 0.330 e. The van der Waals surface area contributed by atoms with Crippen molar-refractivity contribution in [2.75, 3.05) is 13.7 Å². The number of benzene rings is 1. The number of aromatic nitrogens is 1. The average molecular weight is 348 g/mol. The summed E-state index contributed by atoms with van der Waals surface area (Å²) in [6.07, 6.45) is 0.732. The number of rotatable bonds is 6. The minimum absolute atomic E-state index is 0.183. The zero-order valence-electron chi connectivity index (χ0n) is 12.9. The summed E-state index contributed by atoms with van der Waals surface area (Å²) in [4.78, 5) is 28.0. The van der Waals surface area contributed by atoms with Gasteiger partial charge in [-0.05, 0) is 23.3 Å². The Balaban J connectivity index is 1.78. The van der Waals surface area contributed by atoms with Gasteiger partial charge in [-0.1, -0.05) is 6.07 Å². The molecular weight excluding hydrogens is 332 g/mol. The van der Waals surface area contributed by atoms with Gasteiger partial charge < -0.3 is 19.9 Å². The number of ether oxygens (including phenoxy) is 2. The molecule has 2 heterocycles. The Labute approximate surface area is 142 Å². The Kier molecular flexibility index (Phi) is 4.77. The molecule has 0 fully saturated rings. The van der Waals surface area contributed by atoms with Crippen LogP contribution in [0, 0.1) is 0 Å². The molecule has 24 heavy (non-hydrogen) atoms. The molecule has 0 saturated heterocycles. The quantitative estimate of drug-likeness (QED) is 0.826. The number of amides is 1. The number of carbonyl (C=O) groups excluding carboxylic acids is 1. The molecular formula is C16H16N2O5S. The van der Waals surface area contributed by atoms with E-state index >= 15 is 0 Å². The lowest BCUT2D eigenvalue weighted by Crippen LogP contribution is -2.34. The van der Waals surface area contributed by atoms with Gasteiger partial charge in [0.1, 0.15) is 16.5 Å². The third-order valence-corrected chi connectivity index (χ3v) is 4.44. The van der Waals surface area contributed by atoms with Gasteiger partial charge in [-0.15, -0.1) is 11.3 Å². The second kappa shape index (κ2) is 6.98. The second-order valence-corrected chi connectivity index (χ2v) is 6.21. The van der Waals surface area contributed by atoms with Gasteiger partial charge in [0.2, 0.25) is 0 Å². The van der Waals surface area contributed by atoms with E-state index in [2.05, 4.69) is 10.3 Å². The summed E-state index contributed by atoms with van der Waals surface area (Å²) in [7, 11) is 1.54. The largest absolute Gasteiger partial charge is 0.493 e. The molecule has 1 aromatic carbocycles. The summed E-state index contributed by atoms with van der Waals surface area (Å²) in [5, 5.41) is 14.2. The molecule has 1 amide bonds. The van der Waals surface area contributed by atoms with Crippen LogP contribution >= 0.6 is 11.3 Å². The van der Waals surface area contributed by atoms with E-state index in [0.29, 0.717) is 23.8 Å². The van der Waals surface area contributed by atoms with Crippen LogP contribution in [0.2, 0.25) is 0 Å². The molecule has 0 bridgehead atoms. The molecule has 1 atom stereocenters. The maximum Gasteiger partial charge on any atom is 0.330 e. The van der Waals surface area contributed by atoms with E-state index < -0.39 is 17.9 Å². The van der Waals surface area contributed by atoms with Crippen LogP contribution in [0.5, 0.6) is 5.75 Å². The van der Waals surface area contributed by atoms with Gasteiger partial charge in [-0.2, -0.15) is 0 Å². The van der Waals surface area contributed by atoms with E-state index in [9.17, 15) is 14.7 Å². The van der Waals surface area contributed by atoms with Crippen molar-refractivity contribution in [3.8, 4) is 5.75 Å². The number of hydrogen-bond acceptors (Lipinski definition) is 6. The molecule has 2 N–H and O–H groups in total. The van der Waals surface area contributed by atoms with Crippen molar-refractivity contribution in [2.45, 2.75) is 19.1 Å². The summed E-state index contributed by atoms with van der Waals surface area (Å²) < 4.78 is 10.4. The van der Waals surface area contributed by atoms with E-state index in [1.165, 1.54) is 11.3 Å². The predicted octanol–water partition coefficient (Wildman–Crippen LogP) is 1.78. The van der Waals surface area contributed by atoms with E-state index in [4.69, 9.17) is 9.47 Å². The van der Waals surface area contributed by atoms with Gasteiger partial charge in [0, 0.05) is 18.9 Å². The number of methoxy groups -OCH3 is 1. The molecule has 0 spiro atoms. The Bertz CT molecular complexity index is 774. The van der Waals surface area contributed by atoms with Crippen LogP contribution in [0.25, 0.3) is 0 Å². The minimum atomic E-state index is -1.14. The molecule has 1 aromatic heterocycles. The highest BCUT2D eigenvalue weighted by atomic mass is 32.1. The zero-order valence-corrected chi connectivity index (χ0v) is 13.8. The monoisotopic (exact) mass is 348 g/mol. The lowest BCUT2D eigenvalue weighted by atomic mass is 10.0. The first-order chi connectivity index (χ1) is 11.6. The van der Waals surface area contributed by atoms with Crippen LogP contribution in [0.3, 0.4) is 0 Å². The first-order valence-electron chi connectivity index (χ1n) is 7.31.